The molecule has 1 aromatic rings. The first-order valence-corrected chi connectivity index (χ1v) is 8.54. The highest BCUT2D eigenvalue weighted by atomic mass is 32.2. The van der Waals surface area contributed by atoms with Gasteiger partial charge in [-0.3, -0.25) is 10.1 Å². The molecule has 110 valence electrons. The molecule has 1 unspecified atom stereocenters. The molecule has 0 aliphatic carbocycles. The SMILES string of the molecule is CN(C1CCSC1)S(=O)(=O)c1cccc(N)c1[N+](=O)[O-]. The van der Waals surface area contributed by atoms with Crippen LogP contribution >= 0.6 is 11.8 Å². The van der Waals surface area contributed by atoms with Crippen molar-refractivity contribution in [2.75, 3.05) is 24.3 Å². The van der Waals surface area contributed by atoms with Crippen molar-refractivity contribution in [2.24, 2.45) is 0 Å². The summed E-state index contributed by atoms with van der Waals surface area (Å²) in [6.07, 6.45) is 0.747. The van der Waals surface area contributed by atoms with Gasteiger partial charge >= 0.3 is 5.69 Å². The second kappa shape index (κ2) is 5.58. The quantitative estimate of drug-likeness (QED) is 0.509. The van der Waals surface area contributed by atoms with Gasteiger partial charge in [-0.25, -0.2) is 8.42 Å². The third-order valence-electron chi connectivity index (χ3n) is 3.29. The van der Waals surface area contributed by atoms with Gasteiger partial charge in [0.25, 0.3) is 0 Å². The van der Waals surface area contributed by atoms with Crippen LogP contribution in [0.3, 0.4) is 0 Å². The largest absolute Gasteiger partial charge is 0.393 e. The molecule has 1 saturated heterocycles. The summed E-state index contributed by atoms with van der Waals surface area (Å²) >= 11 is 1.67. The molecule has 0 spiro atoms. The molecule has 0 aromatic heterocycles. The standard InChI is InChI=1S/C11H15N3O4S2/c1-13(8-5-6-19-7-8)20(17,18)10-4-2-3-9(12)11(10)14(15)16/h2-4,8H,5-7,12H2,1H3. The van der Waals surface area contributed by atoms with Crippen LogP contribution in [0.4, 0.5) is 11.4 Å². The minimum atomic E-state index is -3.92. The van der Waals surface area contributed by atoms with Crippen LogP contribution in [0, 0.1) is 10.1 Å². The van der Waals surface area contributed by atoms with Gasteiger partial charge in [0, 0.05) is 18.8 Å². The van der Waals surface area contributed by atoms with Crippen LogP contribution in [0.5, 0.6) is 0 Å². The van der Waals surface area contributed by atoms with Crippen molar-refractivity contribution in [2.45, 2.75) is 17.4 Å². The number of nitrogen functional groups attached to an aromatic ring is 1. The Labute approximate surface area is 121 Å². The molecule has 0 radical (unpaired) electrons. The van der Waals surface area contributed by atoms with E-state index in [-0.39, 0.29) is 16.6 Å². The van der Waals surface area contributed by atoms with Gasteiger partial charge < -0.3 is 5.73 Å². The Hall–Kier alpha value is -1.32. The molecule has 7 nitrogen and oxygen atoms in total. The Kier molecular flexibility index (Phi) is 4.21. The lowest BCUT2D eigenvalue weighted by atomic mass is 10.3. The molecule has 0 saturated carbocycles. The number of hydrogen-bond acceptors (Lipinski definition) is 6. The van der Waals surface area contributed by atoms with Gasteiger partial charge in [0.1, 0.15) is 5.69 Å². The van der Waals surface area contributed by atoms with Crippen LogP contribution in [0.2, 0.25) is 0 Å². The number of hydrogen-bond donors (Lipinski definition) is 1. The Balaban J connectivity index is 2.49. The zero-order chi connectivity index (χ0) is 14.9. The highest BCUT2D eigenvalue weighted by Gasteiger charge is 2.35. The fraction of sp³-hybridized carbons (Fsp3) is 0.455. The zero-order valence-corrected chi connectivity index (χ0v) is 12.5. The lowest BCUT2D eigenvalue weighted by Gasteiger charge is -2.23. The molecule has 1 aliphatic heterocycles. The summed E-state index contributed by atoms with van der Waals surface area (Å²) in [5.74, 6) is 1.59. The number of nitrogens with two attached hydrogens (primary N) is 1. The number of para-hydroxylation sites is 1. The maximum Gasteiger partial charge on any atom is 0.312 e. The number of rotatable bonds is 4. The second-order valence-electron chi connectivity index (χ2n) is 4.49. The summed E-state index contributed by atoms with van der Waals surface area (Å²) in [7, 11) is -2.47. The van der Waals surface area contributed by atoms with E-state index in [0.29, 0.717) is 5.75 Å². The molecule has 2 rings (SSSR count). The van der Waals surface area contributed by atoms with Crippen LogP contribution < -0.4 is 5.73 Å². The average Bonchev–Trinajstić information content (AvgIpc) is 2.90. The van der Waals surface area contributed by atoms with Gasteiger partial charge in [-0.15, -0.1) is 0 Å². The fourth-order valence-electron chi connectivity index (χ4n) is 2.10. The van der Waals surface area contributed by atoms with E-state index >= 15 is 0 Å². The van der Waals surface area contributed by atoms with Gasteiger partial charge in [-0.05, 0) is 24.3 Å². The fourth-order valence-corrected chi connectivity index (χ4v) is 5.04. The molecule has 20 heavy (non-hydrogen) atoms. The van der Waals surface area contributed by atoms with E-state index in [1.807, 2.05) is 0 Å². The predicted octanol–water partition coefficient (Wildman–Crippen LogP) is 1.30. The highest BCUT2D eigenvalue weighted by molar-refractivity contribution is 7.99. The van der Waals surface area contributed by atoms with Gasteiger partial charge in [0.15, 0.2) is 4.90 Å². The molecule has 9 heteroatoms. The number of thioether (sulfide) groups is 1. The van der Waals surface area contributed by atoms with Crippen LogP contribution in [0.15, 0.2) is 23.1 Å². The molecular weight excluding hydrogens is 302 g/mol. The summed E-state index contributed by atoms with van der Waals surface area (Å²) in [5, 5.41) is 11.1. The number of sulfonamides is 1. The van der Waals surface area contributed by atoms with E-state index in [1.165, 1.54) is 29.6 Å². The molecule has 1 aliphatic rings. The lowest BCUT2D eigenvalue weighted by Crippen LogP contribution is -2.37. The first kappa shape index (κ1) is 15.1. The Bertz CT molecular complexity index is 627. The van der Waals surface area contributed by atoms with E-state index in [1.54, 1.807) is 11.8 Å². The normalized spacial score (nSPS) is 19.4. The predicted molar refractivity (Wildman–Crippen MR) is 78.2 cm³/mol. The minimum Gasteiger partial charge on any atom is -0.393 e. The molecule has 1 heterocycles. The minimum absolute atomic E-state index is 0.133. The highest BCUT2D eigenvalue weighted by Crippen LogP contribution is 2.33. The van der Waals surface area contributed by atoms with Gasteiger partial charge in [-0.1, -0.05) is 6.07 Å². The number of benzene rings is 1. The third kappa shape index (κ3) is 2.60. The summed E-state index contributed by atoms with van der Waals surface area (Å²) in [5.41, 5.74) is 4.85. The van der Waals surface area contributed by atoms with E-state index in [4.69, 9.17) is 5.73 Å². The summed E-state index contributed by atoms with van der Waals surface area (Å²) in [4.78, 5) is 9.98. The van der Waals surface area contributed by atoms with E-state index in [9.17, 15) is 18.5 Å². The summed E-state index contributed by atoms with van der Waals surface area (Å²) in [6, 6.07) is 3.82. The number of nitro benzene ring substituents is 1. The van der Waals surface area contributed by atoms with Crippen molar-refractivity contribution in [1.29, 1.82) is 0 Å². The van der Waals surface area contributed by atoms with Gasteiger partial charge in [0.2, 0.25) is 10.0 Å². The first-order chi connectivity index (χ1) is 9.35. The third-order valence-corrected chi connectivity index (χ3v) is 6.38. The molecular formula is C11H15N3O4S2. The van der Waals surface area contributed by atoms with E-state index in [0.717, 1.165) is 12.2 Å². The molecule has 0 amide bonds. The van der Waals surface area contributed by atoms with E-state index in [2.05, 4.69) is 0 Å². The monoisotopic (exact) mass is 317 g/mol. The van der Waals surface area contributed by atoms with Crippen LogP contribution in [-0.4, -0.2) is 42.2 Å². The van der Waals surface area contributed by atoms with Gasteiger partial charge in [0.05, 0.1) is 4.92 Å². The number of nitrogens with zero attached hydrogens (tertiary/aromatic N) is 2. The second-order valence-corrected chi connectivity index (χ2v) is 7.61. The Morgan fingerprint density at radius 3 is 2.75 bits per heavy atom. The number of nitro groups is 1. The molecule has 1 fully saturated rings. The molecule has 0 bridgehead atoms. The number of anilines is 1. The van der Waals surface area contributed by atoms with Crippen LogP contribution in [0.1, 0.15) is 6.42 Å². The maximum absolute atomic E-state index is 12.6. The Morgan fingerprint density at radius 1 is 1.50 bits per heavy atom. The van der Waals surface area contributed by atoms with Crippen molar-refractivity contribution in [1.82, 2.24) is 4.31 Å². The van der Waals surface area contributed by atoms with Crippen molar-refractivity contribution < 1.29 is 13.3 Å². The molecule has 1 aromatic carbocycles. The van der Waals surface area contributed by atoms with E-state index < -0.39 is 20.6 Å². The summed E-state index contributed by atoms with van der Waals surface area (Å²) in [6.45, 7) is 0. The van der Waals surface area contributed by atoms with Crippen molar-refractivity contribution in [3.63, 3.8) is 0 Å². The molecule has 2 N–H and O–H groups in total. The topological polar surface area (TPSA) is 107 Å². The average molecular weight is 317 g/mol. The smallest absolute Gasteiger partial charge is 0.312 e. The van der Waals surface area contributed by atoms with Gasteiger partial charge in [-0.2, -0.15) is 16.1 Å². The maximum atomic E-state index is 12.6. The van der Waals surface area contributed by atoms with Crippen LogP contribution in [-0.2, 0) is 10.0 Å². The summed E-state index contributed by atoms with van der Waals surface area (Å²) < 4.78 is 26.3. The van der Waals surface area contributed by atoms with Crippen molar-refractivity contribution in [3.8, 4) is 0 Å². The van der Waals surface area contributed by atoms with Crippen LogP contribution in [0.25, 0.3) is 0 Å². The molecule has 1 atom stereocenters. The lowest BCUT2D eigenvalue weighted by molar-refractivity contribution is -0.386. The zero-order valence-electron chi connectivity index (χ0n) is 10.9. The first-order valence-electron chi connectivity index (χ1n) is 5.94. The Morgan fingerprint density at radius 2 is 2.20 bits per heavy atom. The van der Waals surface area contributed by atoms with Crippen molar-refractivity contribution in [3.05, 3.63) is 28.3 Å². The van der Waals surface area contributed by atoms with Crippen molar-refractivity contribution >= 4 is 33.2 Å².